The van der Waals surface area contributed by atoms with Crippen LogP contribution in [0.1, 0.15) is 53.5 Å². The molecule has 1 aliphatic carbocycles. The Hall–Kier alpha value is -3.87. The van der Waals surface area contributed by atoms with Gasteiger partial charge in [0.05, 0.1) is 31.0 Å². The minimum Gasteiger partial charge on any atom is -0.492 e. The lowest BCUT2D eigenvalue weighted by molar-refractivity contribution is -0.138. The van der Waals surface area contributed by atoms with Crippen LogP contribution in [0.2, 0.25) is 0 Å². The molecule has 0 fully saturated rings. The second kappa shape index (κ2) is 11.7. The molecule has 0 spiro atoms. The van der Waals surface area contributed by atoms with Gasteiger partial charge in [-0.3, -0.25) is 4.79 Å². The SMILES string of the molecule is CS(=O)(=O)CCCOc1c(F)cc(-c2c(C(F)(F)F)ccc3c2CC[C@H]3Oc2ccc3c(c2)OC[C@H]3CC(=O)O)cc1F. The van der Waals surface area contributed by atoms with E-state index in [9.17, 15) is 35.2 Å². The molecule has 0 aromatic heterocycles. The predicted octanol–water partition coefficient (Wildman–Crippen LogP) is 6.48. The summed E-state index contributed by atoms with van der Waals surface area (Å²) in [4.78, 5) is 11.1. The number of aliphatic carboxylic acids is 1. The van der Waals surface area contributed by atoms with E-state index in [0.29, 0.717) is 23.5 Å². The van der Waals surface area contributed by atoms with Gasteiger partial charge in [0.25, 0.3) is 0 Å². The summed E-state index contributed by atoms with van der Waals surface area (Å²) in [6.45, 7) is -0.0969. The molecule has 43 heavy (non-hydrogen) atoms. The normalized spacial score (nSPS) is 17.7. The van der Waals surface area contributed by atoms with Crippen LogP contribution in [0.3, 0.4) is 0 Å². The largest absolute Gasteiger partial charge is 0.492 e. The number of benzene rings is 3. The molecule has 0 amide bonds. The Bertz CT molecular complexity index is 1650. The molecule has 5 rings (SSSR count). The van der Waals surface area contributed by atoms with Gasteiger partial charge >= 0.3 is 12.1 Å². The number of sulfone groups is 1. The first-order chi connectivity index (χ1) is 20.2. The minimum atomic E-state index is -4.82. The highest BCUT2D eigenvalue weighted by Crippen LogP contribution is 2.47. The Morgan fingerprint density at radius 3 is 2.42 bits per heavy atom. The average molecular weight is 627 g/mol. The standard InChI is InChI=1S/C30H27F5O7S/c1-43(38,39)10-2-9-40-29-23(31)11-16(12-24(29)32)28-21-6-8-25(20(21)5-7-22(28)30(33,34)35)42-18-3-4-19-17(13-27(36)37)15-41-26(19)14-18/h3-5,7,11-12,14,17,25H,2,6,8-10,13,15H2,1H3,(H,36,37)/t17-,25-/m1/s1. The molecule has 7 nitrogen and oxygen atoms in total. The molecule has 3 aromatic rings. The van der Waals surface area contributed by atoms with Gasteiger partial charge in [-0.05, 0) is 65.8 Å². The fourth-order valence-electron chi connectivity index (χ4n) is 5.57. The summed E-state index contributed by atoms with van der Waals surface area (Å²) >= 11 is 0. The van der Waals surface area contributed by atoms with Crippen molar-refractivity contribution in [3.8, 4) is 28.4 Å². The number of hydrogen-bond acceptors (Lipinski definition) is 6. The van der Waals surface area contributed by atoms with Crippen LogP contribution in [-0.2, 0) is 27.2 Å². The van der Waals surface area contributed by atoms with Gasteiger partial charge in [-0.1, -0.05) is 12.1 Å². The zero-order valence-electron chi connectivity index (χ0n) is 22.8. The molecule has 1 heterocycles. The summed E-state index contributed by atoms with van der Waals surface area (Å²) in [6, 6.07) is 8.68. The summed E-state index contributed by atoms with van der Waals surface area (Å²) in [6.07, 6.45) is -4.13. The van der Waals surface area contributed by atoms with E-state index in [0.717, 1.165) is 30.0 Å². The van der Waals surface area contributed by atoms with E-state index in [1.165, 1.54) is 6.07 Å². The van der Waals surface area contributed by atoms with E-state index in [1.807, 2.05) is 0 Å². The van der Waals surface area contributed by atoms with Crippen LogP contribution < -0.4 is 14.2 Å². The highest BCUT2D eigenvalue weighted by Gasteiger charge is 2.38. The fourth-order valence-corrected chi connectivity index (χ4v) is 6.21. The lowest BCUT2D eigenvalue weighted by Gasteiger charge is -2.20. The Morgan fingerprint density at radius 1 is 1.07 bits per heavy atom. The quantitative estimate of drug-likeness (QED) is 0.203. The van der Waals surface area contributed by atoms with Gasteiger partial charge in [-0.25, -0.2) is 17.2 Å². The molecule has 230 valence electrons. The van der Waals surface area contributed by atoms with E-state index in [1.54, 1.807) is 18.2 Å². The summed E-state index contributed by atoms with van der Waals surface area (Å²) in [5, 5.41) is 9.11. The molecule has 0 saturated carbocycles. The highest BCUT2D eigenvalue weighted by molar-refractivity contribution is 7.90. The van der Waals surface area contributed by atoms with Crippen molar-refractivity contribution in [2.24, 2.45) is 0 Å². The maximum absolute atomic E-state index is 15.0. The van der Waals surface area contributed by atoms with Crippen molar-refractivity contribution in [2.75, 3.05) is 25.2 Å². The van der Waals surface area contributed by atoms with Crippen LogP contribution >= 0.6 is 0 Å². The van der Waals surface area contributed by atoms with Crippen molar-refractivity contribution in [3.05, 3.63) is 76.4 Å². The summed E-state index contributed by atoms with van der Waals surface area (Å²) in [5.74, 6) is -3.90. The number of fused-ring (bicyclic) bond motifs is 2. The van der Waals surface area contributed by atoms with Gasteiger partial charge in [-0.15, -0.1) is 0 Å². The van der Waals surface area contributed by atoms with Crippen LogP contribution in [-0.4, -0.2) is 44.7 Å². The predicted molar refractivity (Wildman–Crippen MR) is 145 cm³/mol. The summed E-state index contributed by atoms with van der Waals surface area (Å²) in [5.41, 5.74) is -0.312. The molecule has 0 unspecified atom stereocenters. The molecule has 0 radical (unpaired) electrons. The van der Waals surface area contributed by atoms with E-state index < -0.39 is 51.0 Å². The van der Waals surface area contributed by atoms with Crippen molar-refractivity contribution in [1.29, 1.82) is 0 Å². The average Bonchev–Trinajstić information content (AvgIpc) is 3.49. The first-order valence-corrected chi connectivity index (χ1v) is 15.5. The third kappa shape index (κ3) is 6.71. The Labute approximate surface area is 244 Å². The monoisotopic (exact) mass is 626 g/mol. The number of ether oxygens (including phenoxy) is 3. The van der Waals surface area contributed by atoms with Gasteiger partial charge in [0.1, 0.15) is 27.4 Å². The van der Waals surface area contributed by atoms with Gasteiger partial charge in [0, 0.05) is 23.8 Å². The summed E-state index contributed by atoms with van der Waals surface area (Å²) < 4.78 is 112. The van der Waals surface area contributed by atoms with Crippen LogP contribution in [0.4, 0.5) is 22.0 Å². The first-order valence-electron chi connectivity index (χ1n) is 13.4. The maximum Gasteiger partial charge on any atom is 0.417 e. The van der Waals surface area contributed by atoms with Gasteiger partial charge < -0.3 is 19.3 Å². The molecular formula is C30H27F5O7S. The van der Waals surface area contributed by atoms with E-state index >= 15 is 0 Å². The third-order valence-electron chi connectivity index (χ3n) is 7.42. The molecule has 1 aliphatic heterocycles. The van der Waals surface area contributed by atoms with Crippen LogP contribution in [0.5, 0.6) is 17.2 Å². The highest BCUT2D eigenvalue weighted by atomic mass is 32.2. The maximum atomic E-state index is 15.0. The van der Waals surface area contributed by atoms with Crippen LogP contribution in [0.25, 0.3) is 11.1 Å². The fraction of sp³-hybridized carbons (Fsp3) is 0.367. The molecule has 2 aliphatic rings. The van der Waals surface area contributed by atoms with Crippen molar-refractivity contribution >= 4 is 15.8 Å². The Kier molecular flexibility index (Phi) is 8.30. The number of carboxylic acids is 1. The van der Waals surface area contributed by atoms with Gasteiger partial charge in [-0.2, -0.15) is 13.2 Å². The molecular weight excluding hydrogens is 599 g/mol. The van der Waals surface area contributed by atoms with Crippen molar-refractivity contribution < 1.29 is 54.5 Å². The summed E-state index contributed by atoms with van der Waals surface area (Å²) in [7, 11) is -3.31. The number of carbonyl (C=O) groups is 1. The minimum absolute atomic E-state index is 0.0233. The lowest BCUT2D eigenvalue weighted by atomic mass is 9.91. The third-order valence-corrected chi connectivity index (χ3v) is 8.45. The Morgan fingerprint density at radius 2 is 1.77 bits per heavy atom. The smallest absolute Gasteiger partial charge is 0.417 e. The number of hydrogen-bond donors (Lipinski definition) is 1. The topological polar surface area (TPSA) is 99.1 Å². The number of rotatable bonds is 10. The molecule has 0 saturated heterocycles. The van der Waals surface area contributed by atoms with Gasteiger partial charge in [0.15, 0.2) is 17.4 Å². The number of halogens is 5. The van der Waals surface area contributed by atoms with E-state index in [2.05, 4.69) is 0 Å². The van der Waals surface area contributed by atoms with E-state index in [-0.39, 0.29) is 60.8 Å². The van der Waals surface area contributed by atoms with E-state index in [4.69, 9.17) is 19.3 Å². The second-order valence-electron chi connectivity index (χ2n) is 10.6. The van der Waals surface area contributed by atoms with Crippen molar-refractivity contribution in [2.45, 2.75) is 43.9 Å². The second-order valence-corrected chi connectivity index (χ2v) is 12.9. The lowest BCUT2D eigenvalue weighted by Crippen LogP contribution is -2.11. The van der Waals surface area contributed by atoms with Gasteiger partial charge in [0.2, 0.25) is 0 Å². The molecule has 0 bridgehead atoms. The zero-order chi connectivity index (χ0) is 31.1. The molecule has 13 heteroatoms. The van der Waals surface area contributed by atoms with Crippen LogP contribution in [0, 0.1) is 11.6 Å². The Balaban J connectivity index is 1.43. The first kappa shape index (κ1) is 30.6. The molecule has 1 N–H and O–H groups in total. The molecule has 2 atom stereocenters. The van der Waals surface area contributed by atoms with Crippen molar-refractivity contribution in [1.82, 2.24) is 0 Å². The van der Waals surface area contributed by atoms with Crippen LogP contribution in [0.15, 0.2) is 42.5 Å². The molecule has 3 aromatic carbocycles. The number of carboxylic acid groups (broad SMARTS) is 1. The zero-order valence-corrected chi connectivity index (χ0v) is 23.7. The number of alkyl halides is 3. The van der Waals surface area contributed by atoms with Crippen molar-refractivity contribution in [3.63, 3.8) is 0 Å².